The molecule has 0 bridgehead atoms. The number of imidazole rings is 1. The van der Waals surface area contributed by atoms with Crippen molar-refractivity contribution < 1.29 is 4.79 Å². The van der Waals surface area contributed by atoms with Gasteiger partial charge in [0, 0.05) is 32.0 Å². The first-order valence-corrected chi connectivity index (χ1v) is 7.06. The van der Waals surface area contributed by atoms with Gasteiger partial charge in [0.2, 0.25) is 0 Å². The van der Waals surface area contributed by atoms with Gasteiger partial charge in [-0.1, -0.05) is 6.07 Å². The summed E-state index contributed by atoms with van der Waals surface area (Å²) in [5, 5.41) is 3.84. The van der Waals surface area contributed by atoms with E-state index in [4.69, 9.17) is 0 Å². The summed E-state index contributed by atoms with van der Waals surface area (Å²) < 4.78 is 1.91. The third kappa shape index (κ3) is 2.18. The SMILES string of the molecule is Cc1ccc2nc(C(=O)N3C(C)CCCN3C)cn2c1. The Bertz CT molecular complexity index is 638. The fraction of sp³-hybridized carbons (Fsp3) is 0.467. The van der Waals surface area contributed by atoms with Gasteiger partial charge in [-0.15, -0.1) is 0 Å². The summed E-state index contributed by atoms with van der Waals surface area (Å²) in [6, 6.07) is 4.18. The molecule has 2 aromatic rings. The van der Waals surface area contributed by atoms with Crippen LogP contribution in [0.4, 0.5) is 0 Å². The zero-order valence-corrected chi connectivity index (χ0v) is 12.2. The third-order valence-electron chi connectivity index (χ3n) is 3.92. The van der Waals surface area contributed by atoms with Crippen LogP contribution in [0.3, 0.4) is 0 Å². The molecule has 1 aliphatic heterocycles. The molecule has 1 saturated heterocycles. The highest BCUT2D eigenvalue weighted by atomic mass is 16.2. The zero-order valence-electron chi connectivity index (χ0n) is 12.2. The van der Waals surface area contributed by atoms with Crippen LogP contribution < -0.4 is 0 Å². The first-order chi connectivity index (χ1) is 9.56. The molecule has 3 rings (SSSR count). The van der Waals surface area contributed by atoms with Crippen LogP contribution in [-0.4, -0.2) is 44.9 Å². The molecule has 1 fully saturated rings. The van der Waals surface area contributed by atoms with Gasteiger partial charge in [0.15, 0.2) is 0 Å². The lowest BCUT2D eigenvalue weighted by Crippen LogP contribution is -2.52. The predicted octanol–water partition coefficient (Wildman–Crippen LogP) is 2.11. The lowest BCUT2D eigenvalue weighted by Gasteiger charge is -2.40. The van der Waals surface area contributed by atoms with E-state index in [0.29, 0.717) is 5.69 Å². The molecule has 5 nitrogen and oxygen atoms in total. The summed E-state index contributed by atoms with van der Waals surface area (Å²) >= 11 is 0. The van der Waals surface area contributed by atoms with Crippen LogP contribution in [-0.2, 0) is 0 Å². The van der Waals surface area contributed by atoms with Crippen LogP contribution in [0.15, 0.2) is 24.5 Å². The van der Waals surface area contributed by atoms with Crippen LogP contribution in [0.25, 0.3) is 5.65 Å². The number of fused-ring (bicyclic) bond motifs is 1. The number of rotatable bonds is 1. The van der Waals surface area contributed by atoms with Crippen molar-refractivity contribution in [2.24, 2.45) is 0 Å². The van der Waals surface area contributed by atoms with Gasteiger partial charge in [-0.05, 0) is 38.3 Å². The highest BCUT2D eigenvalue weighted by Crippen LogP contribution is 2.19. The number of aryl methyl sites for hydroxylation is 1. The number of hydrogen-bond donors (Lipinski definition) is 0. The number of nitrogens with zero attached hydrogens (tertiary/aromatic N) is 4. The van der Waals surface area contributed by atoms with Gasteiger partial charge in [0.1, 0.15) is 11.3 Å². The fourth-order valence-electron chi connectivity index (χ4n) is 2.86. The second kappa shape index (κ2) is 4.90. The van der Waals surface area contributed by atoms with Gasteiger partial charge in [0.05, 0.1) is 0 Å². The Morgan fingerprint density at radius 2 is 2.15 bits per heavy atom. The predicted molar refractivity (Wildman–Crippen MR) is 77.4 cm³/mol. The molecule has 0 saturated carbocycles. The minimum absolute atomic E-state index is 0.0129. The Hall–Kier alpha value is -1.88. The second-order valence-electron chi connectivity index (χ2n) is 5.62. The molecule has 0 N–H and O–H groups in total. The monoisotopic (exact) mass is 272 g/mol. The lowest BCUT2D eigenvalue weighted by molar-refractivity contribution is -0.0391. The topological polar surface area (TPSA) is 40.9 Å². The van der Waals surface area contributed by atoms with Crippen molar-refractivity contribution in [3.63, 3.8) is 0 Å². The minimum Gasteiger partial charge on any atom is -0.306 e. The number of aromatic nitrogens is 2. The van der Waals surface area contributed by atoms with Gasteiger partial charge < -0.3 is 4.40 Å². The Kier molecular flexibility index (Phi) is 3.22. The van der Waals surface area contributed by atoms with E-state index in [1.165, 1.54) is 0 Å². The summed E-state index contributed by atoms with van der Waals surface area (Å²) in [5.74, 6) is -0.0129. The molecule has 0 aliphatic carbocycles. The van der Waals surface area contributed by atoms with Gasteiger partial charge >= 0.3 is 0 Å². The number of amides is 1. The zero-order chi connectivity index (χ0) is 14.3. The van der Waals surface area contributed by atoms with Gasteiger partial charge in [-0.3, -0.25) is 9.80 Å². The molecule has 0 radical (unpaired) electrons. The summed E-state index contributed by atoms with van der Waals surface area (Å²) in [4.78, 5) is 17.1. The van der Waals surface area contributed by atoms with E-state index in [2.05, 4.69) is 11.9 Å². The normalized spacial score (nSPS) is 20.6. The third-order valence-corrected chi connectivity index (χ3v) is 3.92. The molecular formula is C15H20N4O. The van der Waals surface area contributed by atoms with Crippen molar-refractivity contribution in [3.8, 4) is 0 Å². The fourth-order valence-corrected chi connectivity index (χ4v) is 2.86. The molecule has 20 heavy (non-hydrogen) atoms. The summed E-state index contributed by atoms with van der Waals surface area (Å²) in [6.07, 6.45) is 5.98. The van der Waals surface area contributed by atoms with E-state index in [-0.39, 0.29) is 11.9 Å². The van der Waals surface area contributed by atoms with E-state index in [1.54, 1.807) is 0 Å². The quantitative estimate of drug-likeness (QED) is 0.798. The minimum atomic E-state index is -0.0129. The summed E-state index contributed by atoms with van der Waals surface area (Å²) in [5.41, 5.74) is 2.47. The van der Waals surface area contributed by atoms with E-state index in [0.717, 1.165) is 30.6 Å². The number of carbonyl (C=O) groups is 1. The molecule has 106 valence electrons. The van der Waals surface area contributed by atoms with Crippen molar-refractivity contribution in [1.29, 1.82) is 0 Å². The molecule has 0 aromatic carbocycles. The molecule has 1 amide bonds. The number of pyridine rings is 1. The Morgan fingerprint density at radius 3 is 2.90 bits per heavy atom. The maximum Gasteiger partial charge on any atom is 0.288 e. The molecule has 1 aliphatic rings. The van der Waals surface area contributed by atoms with Gasteiger partial charge in [0.25, 0.3) is 5.91 Å². The van der Waals surface area contributed by atoms with E-state index < -0.39 is 0 Å². The van der Waals surface area contributed by atoms with E-state index in [9.17, 15) is 4.79 Å². The maximum absolute atomic E-state index is 12.7. The molecule has 5 heteroatoms. The van der Waals surface area contributed by atoms with Crippen molar-refractivity contribution in [2.45, 2.75) is 32.7 Å². The first kappa shape index (κ1) is 13.1. The number of carbonyl (C=O) groups excluding carboxylic acids is 1. The lowest BCUT2D eigenvalue weighted by atomic mass is 10.1. The largest absolute Gasteiger partial charge is 0.306 e. The molecule has 2 aromatic heterocycles. The van der Waals surface area contributed by atoms with Gasteiger partial charge in [-0.2, -0.15) is 0 Å². The highest BCUT2D eigenvalue weighted by Gasteiger charge is 2.29. The van der Waals surface area contributed by atoms with Crippen LogP contribution in [0.1, 0.15) is 35.8 Å². The smallest absolute Gasteiger partial charge is 0.288 e. The van der Waals surface area contributed by atoms with Crippen LogP contribution >= 0.6 is 0 Å². The van der Waals surface area contributed by atoms with Crippen molar-refractivity contribution >= 4 is 11.6 Å². The van der Waals surface area contributed by atoms with E-state index in [1.807, 2.05) is 52.9 Å². The van der Waals surface area contributed by atoms with Crippen LogP contribution in [0.5, 0.6) is 0 Å². The number of hydrogen-bond acceptors (Lipinski definition) is 3. The van der Waals surface area contributed by atoms with Crippen molar-refractivity contribution in [2.75, 3.05) is 13.6 Å². The Labute approximate surface area is 118 Å². The first-order valence-electron chi connectivity index (χ1n) is 7.06. The van der Waals surface area contributed by atoms with Crippen molar-refractivity contribution in [3.05, 3.63) is 35.8 Å². The highest BCUT2D eigenvalue weighted by molar-refractivity contribution is 5.92. The van der Waals surface area contributed by atoms with E-state index >= 15 is 0 Å². The average molecular weight is 272 g/mol. The summed E-state index contributed by atoms with van der Waals surface area (Å²) in [6.45, 7) is 5.04. The molecule has 0 spiro atoms. The maximum atomic E-state index is 12.7. The van der Waals surface area contributed by atoms with Crippen LogP contribution in [0, 0.1) is 6.92 Å². The standard InChI is InChI=1S/C15H20N4O/c1-11-6-7-14-16-13(10-18(14)9-11)15(20)19-12(2)5-4-8-17(19)3/h6-7,9-10,12H,4-5,8H2,1-3H3. The van der Waals surface area contributed by atoms with Crippen LogP contribution in [0.2, 0.25) is 0 Å². The molecular weight excluding hydrogens is 252 g/mol. The summed E-state index contributed by atoms with van der Waals surface area (Å²) in [7, 11) is 1.97. The molecule has 1 unspecified atom stereocenters. The van der Waals surface area contributed by atoms with Crippen molar-refractivity contribution in [1.82, 2.24) is 19.4 Å². The average Bonchev–Trinajstić information content (AvgIpc) is 2.81. The molecule has 1 atom stereocenters. The number of hydrazine groups is 1. The molecule has 3 heterocycles. The Balaban J connectivity index is 1.95. The second-order valence-corrected chi connectivity index (χ2v) is 5.62. The Morgan fingerprint density at radius 1 is 1.35 bits per heavy atom. The van der Waals surface area contributed by atoms with Gasteiger partial charge in [-0.25, -0.2) is 9.99 Å².